The van der Waals surface area contributed by atoms with Crippen LogP contribution in [0, 0.1) is 20.8 Å². The largest absolute Gasteiger partial charge is 0.481 e. The number of aromatic nitrogens is 1. The molecule has 0 saturated carbocycles. The molecule has 1 aromatic heterocycles. The van der Waals surface area contributed by atoms with Gasteiger partial charge in [0.05, 0.1) is 5.69 Å². The fourth-order valence-electron chi connectivity index (χ4n) is 1.67. The molecule has 1 amide bonds. The summed E-state index contributed by atoms with van der Waals surface area (Å²) in [6.07, 6.45) is -0.569. The van der Waals surface area contributed by atoms with Gasteiger partial charge in [-0.25, -0.2) is 4.98 Å². The van der Waals surface area contributed by atoms with Crippen molar-refractivity contribution in [2.75, 3.05) is 5.32 Å². The number of carbonyl (C=O) groups excluding carboxylic acids is 1. The first kappa shape index (κ1) is 14.5. The Morgan fingerprint density at radius 1 is 1.30 bits per heavy atom. The van der Waals surface area contributed by atoms with Crippen LogP contribution in [0.25, 0.3) is 0 Å². The molecular weight excluding hydrogens is 272 g/mol. The minimum Gasteiger partial charge on any atom is -0.481 e. The molecule has 0 aliphatic heterocycles. The van der Waals surface area contributed by atoms with Gasteiger partial charge < -0.3 is 4.74 Å². The monoisotopic (exact) mass is 290 g/mol. The van der Waals surface area contributed by atoms with E-state index in [1.54, 1.807) is 6.92 Å². The average Bonchev–Trinajstić information content (AvgIpc) is 2.71. The maximum atomic E-state index is 12.1. The Hall–Kier alpha value is -1.88. The topological polar surface area (TPSA) is 51.2 Å². The number of hydrogen-bond donors (Lipinski definition) is 1. The molecule has 0 radical (unpaired) electrons. The Morgan fingerprint density at radius 2 is 2.00 bits per heavy atom. The first-order chi connectivity index (χ1) is 9.47. The molecule has 0 fully saturated rings. The van der Waals surface area contributed by atoms with Crippen LogP contribution in [0.4, 0.5) is 5.13 Å². The Bertz CT molecular complexity index is 603. The number of aryl methyl sites for hydroxylation is 3. The summed E-state index contributed by atoms with van der Waals surface area (Å²) < 4.78 is 5.68. The van der Waals surface area contributed by atoms with Crippen LogP contribution >= 0.6 is 11.3 Å². The van der Waals surface area contributed by atoms with Crippen molar-refractivity contribution in [1.82, 2.24) is 4.98 Å². The van der Waals surface area contributed by atoms with Gasteiger partial charge in [-0.2, -0.15) is 0 Å². The second-order valence-corrected chi connectivity index (χ2v) is 5.88. The van der Waals surface area contributed by atoms with Crippen molar-refractivity contribution in [2.45, 2.75) is 33.8 Å². The smallest absolute Gasteiger partial charge is 0.266 e. The number of nitrogens with zero attached hydrogens (tertiary/aromatic N) is 1. The van der Waals surface area contributed by atoms with Crippen LogP contribution < -0.4 is 10.1 Å². The van der Waals surface area contributed by atoms with Gasteiger partial charge >= 0.3 is 0 Å². The standard InChI is InChI=1S/C15H18N2O2S/c1-9-7-5-6-8-13(9)19-11(3)14(18)17-15-16-10(2)12(4)20-15/h5-8,11H,1-4H3,(H,16,17,18)/t11-/m1/s1. The number of para-hydroxylation sites is 1. The lowest BCUT2D eigenvalue weighted by Crippen LogP contribution is -2.30. The first-order valence-electron chi connectivity index (χ1n) is 6.44. The third kappa shape index (κ3) is 3.36. The molecule has 2 aromatic rings. The van der Waals surface area contributed by atoms with Crippen molar-refractivity contribution < 1.29 is 9.53 Å². The number of hydrogen-bond acceptors (Lipinski definition) is 4. The summed E-state index contributed by atoms with van der Waals surface area (Å²) in [5.74, 6) is 0.531. The van der Waals surface area contributed by atoms with Crippen molar-refractivity contribution in [2.24, 2.45) is 0 Å². The van der Waals surface area contributed by atoms with Gasteiger partial charge in [0.1, 0.15) is 5.75 Å². The van der Waals surface area contributed by atoms with Crippen LogP contribution in [0.3, 0.4) is 0 Å². The predicted molar refractivity (Wildman–Crippen MR) is 81.5 cm³/mol. The minimum atomic E-state index is -0.569. The summed E-state index contributed by atoms with van der Waals surface area (Å²) in [4.78, 5) is 17.5. The summed E-state index contributed by atoms with van der Waals surface area (Å²) in [5.41, 5.74) is 1.95. The van der Waals surface area contributed by atoms with Crippen molar-refractivity contribution in [3.8, 4) is 5.75 Å². The molecule has 5 heteroatoms. The summed E-state index contributed by atoms with van der Waals surface area (Å²) >= 11 is 1.47. The zero-order valence-corrected chi connectivity index (χ0v) is 12.9. The highest BCUT2D eigenvalue weighted by atomic mass is 32.1. The van der Waals surface area contributed by atoms with Gasteiger partial charge in [0.2, 0.25) is 0 Å². The molecule has 4 nitrogen and oxygen atoms in total. The van der Waals surface area contributed by atoms with E-state index in [1.165, 1.54) is 11.3 Å². The Balaban J connectivity index is 2.00. The number of ether oxygens (including phenoxy) is 1. The van der Waals surface area contributed by atoms with E-state index < -0.39 is 6.10 Å². The molecule has 1 aromatic carbocycles. The van der Waals surface area contributed by atoms with Crippen molar-refractivity contribution in [3.63, 3.8) is 0 Å². The molecule has 20 heavy (non-hydrogen) atoms. The van der Waals surface area contributed by atoms with E-state index >= 15 is 0 Å². The molecule has 0 bridgehead atoms. The highest BCUT2D eigenvalue weighted by Crippen LogP contribution is 2.22. The number of benzene rings is 1. The third-order valence-electron chi connectivity index (χ3n) is 3.03. The highest BCUT2D eigenvalue weighted by Gasteiger charge is 2.17. The lowest BCUT2D eigenvalue weighted by atomic mass is 10.2. The second-order valence-electron chi connectivity index (χ2n) is 4.68. The summed E-state index contributed by atoms with van der Waals surface area (Å²) in [6.45, 7) is 7.59. The number of anilines is 1. The van der Waals surface area contributed by atoms with Crippen LogP contribution in [0.15, 0.2) is 24.3 Å². The molecular formula is C15H18N2O2S. The summed E-state index contributed by atoms with van der Waals surface area (Å²) in [6, 6.07) is 7.64. The maximum absolute atomic E-state index is 12.1. The quantitative estimate of drug-likeness (QED) is 0.938. The van der Waals surface area contributed by atoms with Crippen LogP contribution in [0.2, 0.25) is 0 Å². The molecule has 2 rings (SSSR count). The molecule has 1 atom stereocenters. The predicted octanol–water partition coefficient (Wildman–Crippen LogP) is 3.47. The van der Waals surface area contributed by atoms with Crippen molar-refractivity contribution in [3.05, 3.63) is 40.4 Å². The van der Waals surface area contributed by atoms with E-state index in [0.717, 1.165) is 21.9 Å². The summed E-state index contributed by atoms with van der Waals surface area (Å²) in [5, 5.41) is 3.40. The number of nitrogens with one attached hydrogen (secondary N) is 1. The number of thiazole rings is 1. The average molecular weight is 290 g/mol. The fourth-order valence-corrected chi connectivity index (χ4v) is 2.48. The third-order valence-corrected chi connectivity index (χ3v) is 4.01. The normalized spacial score (nSPS) is 12.0. The SMILES string of the molecule is Cc1ccccc1O[C@H](C)C(=O)Nc1nc(C)c(C)s1. The Labute approximate surface area is 122 Å². The molecule has 106 valence electrons. The molecule has 0 spiro atoms. The van der Waals surface area contributed by atoms with Crippen LogP contribution in [0.1, 0.15) is 23.1 Å². The van der Waals surface area contributed by atoms with Gasteiger partial charge in [-0.3, -0.25) is 10.1 Å². The van der Waals surface area contributed by atoms with Gasteiger partial charge in [-0.1, -0.05) is 18.2 Å². The van der Waals surface area contributed by atoms with Crippen molar-refractivity contribution in [1.29, 1.82) is 0 Å². The van der Waals surface area contributed by atoms with Gasteiger partial charge in [-0.05, 0) is 39.3 Å². The van der Waals surface area contributed by atoms with Crippen molar-refractivity contribution >= 4 is 22.4 Å². The van der Waals surface area contributed by atoms with Crippen LogP contribution in [0.5, 0.6) is 5.75 Å². The first-order valence-corrected chi connectivity index (χ1v) is 7.26. The second kappa shape index (κ2) is 6.05. The van der Waals surface area contributed by atoms with Gasteiger partial charge in [0.25, 0.3) is 5.91 Å². The zero-order chi connectivity index (χ0) is 14.7. The maximum Gasteiger partial charge on any atom is 0.266 e. The van der Waals surface area contributed by atoms with Gasteiger partial charge in [-0.15, -0.1) is 11.3 Å². The van der Waals surface area contributed by atoms with E-state index in [4.69, 9.17) is 4.74 Å². The van der Waals surface area contributed by atoms with Gasteiger partial charge in [0, 0.05) is 4.88 Å². The zero-order valence-electron chi connectivity index (χ0n) is 12.1. The molecule has 0 aliphatic carbocycles. The van der Waals surface area contributed by atoms with Gasteiger partial charge in [0.15, 0.2) is 11.2 Å². The summed E-state index contributed by atoms with van der Waals surface area (Å²) in [7, 11) is 0. The molecule has 1 N–H and O–H groups in total. The molecule has 0 aliphatic rings. The lowest BCUT2D eigenvalue weighted by molar-refractivity contribution is -0.122. The molecule has 1 heterocycles. The van der Waals surface area contributed by atoms with E-state index in [1.807, 2.05) is 45.0 Å². The number of rotatable bonds is 4. The number of carbonyl (C=O) groups is 1. The Kier molecular flexibility index (Phi) is 4.39. The lowest BCUT2D eigenvalue weighted by Gasteiger charge is -2.15. The van der Waals surface area contributed by atoms with E-state index in [9.17, 15) is 4.79 Å². The van der Waals surface area contributed by atoms with Crippen LogP contribution in [-0.4, -0.2) is 17.0 Å². The minimum absolute atomic E-state index is 0.193. The highest BCUT2D eigenvalue weighted by molar-refractivity contribution is 7.15. The van der Waals surface area contributed by atoms with E-state index in [-0.39, 0.29) is 5.91 Å². The van der Waals surface area contributed by atoms with E-state index in [2.05, 4.69) is 10.3 Å². The van der Waals surface area contributed by atoms with E-state index in [0.29, 0.717) is 5.13 Å². The Morgan fingerprint density at radius 3 is 2.60 bits per heavy atom. The molecule has 0 saturated heterocycles. The number of amides is 1. The molecule has 0 unspecified atom stereocenters. The van der Waals surface area contributed by atoms with Crippen LogP contribution in [-0.2, 0) is 4.79 Å². The fraction of sp³-hybridized carbons (Fsp3) is 0.333.